The Morgan fingerprint density at radius 2 is 1.70 bits per heavy atom. The van der Waals surface area contributed by atoms with Crippen LogP contribution in [-0.4, -0.2) is 24.2 Å². The van der Waals surface area contributed by atoms with E-state index in [-0.39, 0.29) is 12.3 Å². The molecule has 144 valence electrons. The van der Waals surface area contributed by atoms with E-state index in [4.69, 9.17) is 21.7 Å². The molecule has 0 aliphatic rings. The summed E-state index contributed by atoms with van der Waals surface area (Å²) >= 11 is 5.21. The number of benzene rings is 2. The van der Waals surface area contributed by atoms with Crippen LogP contribution in [0.15, 0.2) is 42.5 Å². The number of ether oxygens (including phenoxy) is 2. The van der Waals surface area contributed by atoms with Gasteiger partial charge in [0.2, 0.25) is 5.91 Å². The van der Waals surface area contributed by atoms with Gasteiger partial charge in [-0.05, 0) is 62.3 Å². The Morgan fingerprint density at radius 3 is 2.41 bits per heavy atom. The van der Waals surface area contributed by atoms with Gasteiger partial charge in [0, 0.05) is 5.69 Å². The summed E-state index contributed by atoms with van der Waals surface area (Å²) in [5, 5.41) is 3.36. The summed E-state index contributed by atoms with van der Waals surface area (Å²) in [5.74, 6) is 1.09. The summed E-state index contributed by atoms with van der Waals surface area (Å²) in [6.45, 7) is 6.87. The van der Waals surface area contributed by atoms with Crippen LogP contribution in [0, 0.1) is 6.92 Å². The Labute approximate surface area is 165 Å². The zero-order valence-corrected chi connectivity index (χ0v) is 16.6. The minimum atomic E-state index is -0.212. The number of anilines is 1. The highest BCUT2D eigenvalue weighted by Crippen LogP contribution is 2.28. The molecule has 0 aliphatic carbocycles. The number of carbonyl (C=O) groups excluding carboxylic acids is 1. The summed E-state index contributed by atoms with van der Waals surface area (Å²) in [6, 6.07) is 13.2. The molecule has 0 unspecified atom stereocenters. The fourth-order valence-electron chi connectivity index (χ4n) is 2.43. The molecular weight excluding hydrogens is 362 g/mol. The zero-order valence-electron chi connectivity index (χ0n) is 15.8. The van der Waals surface area contributed by atoms with E-state index in [2.05, 4.69) is 16.2 Å². The lowest BCUT2D eigenvalue weighted by atomic mass is 10.1. The molecule has 0 spiro atoms. The molecule has 0 atom stereocenters. The second-order valence-electron chi connectivity index (χ2n) is 5.77. The Morgan fingerprint density at radius 1 is 1.00 bits per heavy atom. The number of para-hydroxylation sites is 1. The van der Waals surface area contributed by atoms with Gasteiger partial charge in [-0.25, -0.2) is 0 Å². The molecule has 0 radical (unpaired) electrons. The van der Waals surface area contributed by atoms with Crippen molar-refractivity contribution in [1.82, 2.24) is 10.9 Å². The van der Waals surface area contributed by atoms with E-state index >= 15 is 0 Å². The molecule has 2 rings (SSSR count). The van der Waals surface area contributed by atoms with Gasteiger partial charge in [0.25, 0.3) is 0 Å². The summed E-state index contributed by atoms with van der Waals surface area (Å²) in [7, 11) is 0. The molecule has 1 amide bonds. The standard InChI is InChI=1S/C20H25N3O3S/c1-4-25-17-11-10-15(12-18(17)26-5-2)13-19(24)22-23-20(27)21-16-9-7-6-8-14(16)3/h6-12H,4-5,13H2,1-3H3,(H,22,24)(H2,21,23,27). The largest absolute Gasteiger partial charge is 0.490 e. The molecule has 0 aromatic heterocycles. The first kappa shape index (κ1) is 20.5. The van der Waals surface area contributed by atoms with E-state index in [1.165, 1.54) is 0 Å². The maximum Gasteiger partial charge on any atom is 0.242 e. The van der Waals surface area contributed by atoms with Gasteiger partial charge in [0.05, 0.1) is 19.6 Å². The van der Waals surface area contributed by atoms with Crippen molar-refractivity contribution in [3.8, 4) is 11.5 Å². The number of carbonyl (C=O) groups is 1. The number of hydrogen-bond acceptors (Lipinski definition) is 4. The second-order valence-corrected chi connectivity index (χ2v) is 6.17. The number of hydrazine groups is 1. The van der Waals surface area contributed by atoms with E-state index in [1.54, 1.807) is 0 Å². The van der Waals surface area contributed by atoms with Gasteiger partial charge in [-0.3, -0.25) is 15.6 Å². The van der Waals surface area contributed by atoms with Crippen LogP contribution >= 0.6 is 12.2 Å². The highest BCUT2D eigenvalue weighted by Gasteiger charge is 2.10. The first-order valence-corrected chi connectivity index (χ1v) is 9.24. The minimum Gasteiger partial charge on any atom is -0.490 e. The maximum absolute atomic E-state index is 12.2. The molecule has 0 saturated heterocycles. The lowest BCUT2D eigenvalue weighted by molar-refractivity contribution is -0.120. The second kappa shape index (κ2) is 10.4. The van der Waals surface area contributed by atoms with Crippen LogP contribution in [0.3, 0.4) is 0 Å². The average molecular weight is 388 g/mol. The van der Waals surface area contributed by atoms with Crippen LogP contribution in [0.4, 0.5) is 5.69 Å². The third-order valence-corrected chi connectivity index (χ3v) is 3.89. The molecule has 7 heteroatoms. The number of nitrogens with one attached hydrogen (secondary N) is 3. The Kier molecular flexibility index (Phi) is 7.88. The van der Waals surface area contributed by atoms with E-state index in [0.717, 1.165) is 16.8 Å². The molecule has 2 aromatic rings. The molecule has 2 aromatic carbocycles. The molecular formula is C20H25N3O3S. The lowest BCUT2D eigenvalue weighted by Crippen LogP contribution is -2.44. The quantitative estimate of drug-likeness (QED) is 0.500. The Balaban J connectivity index is 1.88. The summed E-state index contributed by atoms with van der Waals surface area (Å²) in [4.78, 5) is 12.2. The fraction of sp³-hybridized carbons (Fsp3) is 0.300. The first-order chi connectivity index (χ1) is 13.0. The van der Waals surface area contributed by atoms with E-state index < -0.39 is 0 Å². The van der Waals surface area contributed by atoms with Crippen molar-refractivity contribution in [2.75, 3.05) is 18.5 Å². The number of rotatable bonds is 7. The summed E-state index contributed by atoms with van der Waals surface area (Å²) in [5.41, 5.74) is 8.08. The topological polar surface area (TPSA) is 71.6 Å². The first-order valence-electron chi connectivity index (χ1n) is 8.83. The lowest BCUT2D eigenvalue weighted by Gasteiger charge is -2.14. The predicted molar refractivity (Wildman–Crippen MR) is 111 cm³/mol. The van der Waals surface area contributed by atoms with Gasteiger partial charge in [-0.1, -0.05) is 24.3 Å². The van der Waals surface area contributed by atoms with Crippen LogP contribution in [0.25, 0.3) is 0 Å². The van der Waals surface area contributed by atoms with Crippen molar-refractivity contribution < 1.29 is 14.3 Å². The molecule has 0 heterocycles. The highest BCUT2D eigenvalue weighted by molar-refractivity contribution is 7.80. The van der Waals surface area contributed by atoms with Crippen molar-refractivity contribution in [2.24, 2.45) is 0 Å². The molecule has 0 aliphatic heterocycles. The SMILES string of the molecule is CCOc1ccc(CC(=O)NNC(=S)Nc2ccccc2C)cc1OCC. The predicted octanol–water partition coefficient (Wildman–Crippen LogP) is 3.35. The van der Waals surface area contributed by atoms with Gasteiger partial charge in [0.15, 0.2) is 16.6 Å². The van der Waals surface area contributed by atoms with Crippen molar-refractivity contribution in [3.63, 3.8) is 0 Å². The third-order valence-electron chi connectivity index (χ3n) is 3.68. The maximum atomic E-state index is 12.2. The van der Waals surface area contributed by atoms with Crippen LogP contribution in [-0.2, 0) is 11.2 Å². The molecule has 3 N–H and O–H groups in total. The normalized spacial score (nSPS) is 10.0. The smallest absolute Gasteiger partial charge is 0.242 e. The Bertz CT molecular complexity index is 796. The van der Waals surface area contributed by atoms with E-state index in [1.807, 2.05) is 63.2 Å². The summed E-state index contributed by atoms with van der Waals surface area (Å²) in [6.07, 6.45) is 0.187. The number of amides is 1. The number of thiocarbonyl (C=S) groups is 1. The van der Waals surface area contributed by atoms with Crippen molar-refractivity contribution in [2.45, 2.75) is 27.2 Å². The van der Waals surface area contributed by atoms with Crippen molar-refractivity contribution in [1.29, 1.82) is 0 Å². The highest BCUT2D eigenvalue weighted by atomic mass is 32.1. The fourth-order valence-corrected chi connectivity index (χ4v) is 2.59. The molecule has 0 saturated carbocycles. The van der Waals surface area contributed by atoms with Crippen molar-refractivity contribution >= 4 is 28.9 Å². The number of hydrogen-bond donors (Lipinski definition) is 3. The van der Waals surface area contributed by atoms with Crippen LogP contribution in [0.2, 0.25) is 0 Å². The molecule has 27 heavy (non-hydrogen) atoms. The van der Waals surface area contributed by atoms with Gasteiger partial charge in [-0.2, -0.15) is 0 Å². The minimum absolute atomic E-state index is 0.187. The van der Waals surface area contributed by atoms with Crippen LogP contribution in [0.1, 0.15) is 25.0 Å². The monoisotopic (exact) mass is 387 g/mol. The number of aryl methyl sites for hydroxylation is 1. The third kappa shape index (κ3) is 6.45. The van der Waals surface area contributed by atoms with E-state index in [0.29, 0.717) is 29.8 Å². The van der Waals surface area contributed by atoms with Gasteiger partial charge < -0.3 is 14.8 Å². The van der Waals surface area contributed by atoms with Crippen molar-refractivity contribution in [3.05, 3.63) is 53.6 Å². The average Bonchev–Trinajstić information content (AvgIpc) is 2.64. The van der Waals surface area contributed by atoms with E-state index in [9.17, 15) is 4.79 Å². The molecule has 6 nitrogen and oxygen atoms in total. The molecule has 0 bridgehead atoms. The zero-order chi connectivity index (χ0) is 19.6. The van der Waals surface area contributed by atoms with Gasteiger partial charge in [-0.15, -0.1) is 0 Å². The Hall–Kier alpha value is -2.80. The molecule has 0 fully saturated rings. The summed E-state index contributed by atoms with van der Waals surface area (Å²) < 4.78 is 11.1. The van der Waals surface area contributed by atoms with Gasteiger partial charge in [0.1, 0.15) is 0 Å². The van der Waals surface area contributed by atoms with Crippen LogP contribution < -0.4 is 25.6 Å². The van der Waals surface area contributed by atoms with Crippen LogP contribution in [0.5, 0.6) is 11.5 Å². The van der Waals surface area contributed by atoms with Gasteiger partial charge >= 0.3 is 0 Å².